The highest BCUT2D eigenvalue weighted by molar-refractivity contribution is 6.39. The Morgan fingerprint density at radius 1 is 1.17 bits per heavy atom. The van der Waals surface area contributed by atoms with Crippen LogP contribution in [0.2, 0.25) is 10.0 Å². The zero-order valence-corrected chi connectivity index (χ0v) is 13.3. The summed E-state index contributed by atoms with van der Waals surface area (Å²) in [5, 5.41) is 7.29. The first-order valence-electron chi connectivity index (χ1n) is 6.66. The van der Waals surface area contributed by atoms with Gasteiger partial charge in [0, 0.05) is 18.9 Å². The van der Waals surface area contributed by atoms with E-state index < -0.39 is 0 Å². The van der Waals surface area contributed by atoms with Crippen LogP contribution in [0.1, 0.15) is 15.9 Å². The van der Waals surface area contributed by atoms with Gasteiger partial charge in [-0.15, -0.1) is 0 Å². The molecule has 1 N–H and O–H groups in total. The van der Waals surface area contributed by atoms with Crippen molar-refractivity contribution in [1.29, 1.82) is 0 Å². The van der Waals surface area contributed by atoms with E-state index in [1.54, 1.807) is 11.0 Å². The van der Waals surface area contributed by atoms with Crippen molar-refractivity contribution in [2.24, 2.45) is 0 Å². The van der Waals surface area contributed by atoms with Gasteiger partial charge in [0.15, 0.2) is 0 Å². The number of benzene rings is 1. The number of hydrogen-bond acceptors (Lipinski definition) is 4. The summed E-state index contributed by atoms with van der Waals surface area (Å²) >= 11 is 11.9. The van der Waals surface area contributed by atoms with E-state index in [-0.39, 0.29) is 21.5 Å². The molecule has 3 aromatic rings. The number of carbonyl (C=O) groups excluding carboxylic acids is 1. The largest absolute Gasteiger partial charge is 0.348 e. The lowest BCUT2D eigenvalue weighted by atomic mass is 10.2. The molecule has 23 heavy (non-hydrogen) atoms. The standard InChI is InChI=1S/C15H11Cl2N5O/c16-12-6-18-7-13(17)14(12)15(23)20-5-10-2-1-3-11(4-10)22-9-19-8-21-22/h1-4,6-9H,5H2,(H,20,23). The van der Waals surface area contributed by atoms with E-state index in [4.69, 9.17) is 23.2 Å². The summed E-state index contributed by atoms with van der Waals surface area (Å²) in [6, 6.07) is 7.59. The van der Waals surface area contributed by atoms with Crippen molar-refractivity contribution in [1.82, 2.24) is 25.1 Å². The van der Waals surface area contributed by atoms with Crippen LogP contribution >= 0.6 is 23.2 Å². The zero-order chi connectivity index (χ0) is 16.2. The van der Waals surface area contributed by atoms with Crippen molar-refractivity contribution < 1.29 is 4.79 Å². The zero-order valence-electron chi connectivity index (χ0n) is 11.8. The molecule has 6 nitrogen and oxygen atoms in total. The minimum absolute atomic E-state index is 0.214. The molecule has 0 atom stereocenters. The van der Waals surface area contributed by atoms with Crippen LogP contribution in [0.25, 0.3) is 5.69 Å². The smallest absolute Gasteiger partial charge is 0.254 e. The van der Waals surface area contributed by atoms with E-state index >= 15 is 0 Å². The lowest BCUT2D eigenvalue weighted by Gasteiger charge is -2.09. The number of nitrogens with zero attached hydrogens (tertiary/aromatic N) is 4. The van der Waals surface area contributed by atoms with E-state index in [1.807, 2.05) is 24.3 Å². The maximum atomic E-state index is 12.2. The number of hydrogen-bond donors (Lipinski definition) is 1. The van der Waals surface area contributed by atoms with Crippen LogP contribution in [0.5, 0.6) is 0 Å². The third-order valence-corrected chi connectivity index (χ3v) is 3.70. The number of nitrogens with one attached hydrogen (secondary N) is 1. The number of halogens is 2. The molecule has 1 amide bonds. The fourth-order valence-corrected chi connectivity index (χ4v) is 2.59. The van der Waals surface area contributed by atoms with Gasteiger partial charge in [-0.25, -0.2) is 9.67 Å². The van der Waals surface area contributed by atoms with E-state index in [1.165, 1.54) is 18.7 Å². The summed E-state index contributed by atoms with van der Waals surface area (Å²) in [4.78, 5) is 20.0. The van der Waals surface area contributed by atoms with Crippen molar-refractivity contribution in [3.63, 3.8) is 0 Å². The molecule has 0 saturated heterocycles. The Morgan fingerprint density at radius 2 is 1.96 bits per heavy atom. The summed E-state index contributed by atoms with van der Waals surface area (Å²) in [6.45, 7) is 0.330. The van der Waals surface area contributed by atoms with E-state index in [2.05, 4.69) is 20.4 Å². The number of rotatable bonds is 4. The van der Waals surface area contributed by atoms with Crippen LogP contribution in [0.15, 0.2) is 49.3 Å². The molecule has 2 aromatic heterocycles. The molecule has 0 bridgehead atoms. The molecular weight excluding hydrogens is 337 g/mol. The third kappa shape index (κ3) is 3.49. The van der Waals surface area contributed by atoms with Gasteiger partial charge in [0.05, 0.1) is 21.3 Å². The van der Waals surface area contributed by atoms with Crippen LogP contribution in [0.4, 0.5) is 0 Å². The maximum absolute atomic E-state index is 12.2. The van der Waals surface area contributed by atoms with Gasteiger partial charge in [-0.05, 0) is 17.7 Å². The Labute approximate surface area is 142 Å². The van der Waals surface area contributed by atoms with Gasteiger partial charge in [-0.2, -0.15) is 5.10 Å². The van der Waals surface area contributed by atoms with Crippen LogP contribution in [0.3, 0.4) is 0 Å². The normalized spacial score (nSPS) is 10.5. The fraction of sp³-hybridized carbons (Fsp3) is 0.0667. The Balaban J connectivity index is 1.74. The topological polar surface area (TPSA) is 72.7 Å². The number of aromatic nitrogens is 4. The average molecular weight is 348 g/mol. The van der Waals surface area contributed by atoms with Gasteiger partial charge in [0.25, 0.3) is 5.91 Å². The maximum Gasteiger partial charge on any atom is 0.254 e. The van der Waals surface area contributed by atoms with Gasteiger partial charge in [0.2, 0.25) is 0 Å². The Bertz CT molecular complexity index is 815. The highest BCUT2D eigenvalue weighted by atomic mass is 35.5. The number of amides is 1. The quantitative estimate of drug-likeness (QED) is 0.787. The second-order valence-corrected chi connectivity index (χ2v) is 5.49. The molecule has 0 aliphatic heterocycles. The van der Waals surface area contributed by atoms with Crippen LogP contribution in [0, 0.1) is 0 Å². The first-order valence-corrected chi connectivity index (χ1v) is 7.42. The molecule has 0 saturated carbocycles. The molecule has 0 spiro atoms. The predicted octanol–water partition coefficient (Wildman–Crippen LogP) is 2.90. The van der Waals surface area contributed by atoms with Crippen molar-refractivity contribution >= 4 is 29.1 Å². The summed E-state index contributed by atoms with van der Waals surface area (Å²) in [7, 11) is 0. The van der Waals surface area contributed by atoms with Crippen LogP contribution in [-0.4, -0.2) is 25.7 Å². The summed E-state index contributed by atoms with van der Waals surface area (Å²) in [5.74, 6) is -0.353. The van der Waals surface area contributed by atoms with Crippen molar-refractivity contribution in [3.8, 4) is 5.69 Å². The molecule has 3 rings (SSSR count). The van der Waals surface area contributed by atoms with E-state index in [0.717, 1.165) is 11.3 Å². The molecule has 2 heterocycles. The monoisotopic (exact) mass is 347 g/mol. The molecule has 0 aliphatic carbocycles. The SMILES string of the molecule is O=C(NCc1cccc(-n2cncn2)c1)c1c(Cl)cncc1Cl. The number of carbonyl (C=O) groups is 1. The predicted molar refractivity (Wildman–Crippen MR) is 86.8 cm³/mol. The molecule has 116 valence electrons. The second kappa shape index (κ2) is 6.76. The lowest BCUT2D eigenvalue weighted by molar-refractivity contribution is 0.0951. The van der Waals surface area contributed by atoms with Crippen LogP contribution in [-0.2, 0) is 6.54 Å². The Hall–Kier alpha value is -2.44. The molecule has 8 heteroatoms. The lowest BCUT2D eigenvalue weighted by Crippen LogP contribution is -2.23. The first kappa shape index (κ1) is 15.5. The molecular formula is C15H11Cl2N5O. The third-order valence-electron chi connectivity index (χ3n) is 3.13. The Morgan fingerprint density at radius 3 is 2.65 bits per heavy atom. The average Bonchev–Trinajstić information content (AvgIpc) is 3.07. The van der Waals surface area contributed by atoms with E-state index in [0.29, 0.717) is 6.54 Å². The highest BCUT2D eigenvalue weighted by Crippen LogP contribution is 2.22. The van der Waals surface area contributed by atoms with Crippen LogP contribution < -0.4 is 5.32 Å². The van der Waals surface area contributed by atoms with Crippen molar-refractivity contribution in [2.75, 3.05) is 0 Å². The van der Waals surface area contributed by atoms with Gasteiger partial charge < -0.3 is 5.32 Å². The van der Waals surface area contributed by atoms with Crippen molar-refractivity contribution in [2.45, 2.75) is 6.54 Å². The minimum Gasteiger partial charge on any atom is -0.348 e. The van der Waals surface area contributed by atoms with Crippen molar-refractivity contribution in [3.05, 3.63) is 70.5 Å². The number of pyridine rings is 1. The second-order valence-electron chi connectivity index (χ2n) is 4.67. The molecule has 1 aromatic carbocycles. The van der Waals surface area contributed by atoms with Gasteiger partial charge in [-0.1, -0.05) is 35.3 Å². The Kier molecular flexibility index (Phi) is 4.55. The van der Waals surface area contributed by atoms with Gasteiger partial charge in [-0.3, -0.25) is 9.78 Å². The first-order chi connectivity index (χ1) is 11.1. The molecule has 0 radical (unpaired) electrons. The summed E-state index contributed by atoms with van der Waals surface area (Å²) < 4.78 is 1.64. The molecule has 0 unspecified atom stereocenters. The van der Waals surface area contributed by atoms with E-state index in [9.17, 15) is 4.79 Å². The molecule has 0 fully saturated rings. The van der Waals surface area contributed by atoms with Gasteiger partial charge >= 0.3 is 0 Å². The fourth-order valence-electron chi connectivity index (χ4n) is 2.05. The highest BCUT2D eigenvalue weighted by Gasteiger charge is 2.14. The minimum atomic E-state index is -0.353. The molecule has 0 aliphatic rings. The summed E-state index contributed by atoms with van der Waals surface area (Å²) in [6.07, 6.45) is 5.83. The van der Waals surface area contributed by atoms with Gasteiger partial charge in [0.1, 0.15) is 12.7 Å². The summed E-state index contributed by atoms with van der Waals surface area (Å²) in [5.41, 5.74) is 1.98.